The molecule has 1 aromatic carbocycles. The van der Waals surface area contributed by atoms with E-state index in [0.717, 1.165) is 11.3 Å². The summed E-state index contributed by atoms with van der Waals surface area (Å²) >= 11 is 11.1. The van der Waals surface area contributed by atoms with Gasteiger partial charge in [-0.3, -0.25) is 0 Å². The molecule has 0 amide bonds. The van der Waals surface area contributed by atoms with Crippen LogP contribution in [-0.2, 0) is 0 Å². The molecule has 2 rings (SSSR count). The fraction of sp³-hybridized carbons (Fsp3) is 0.417. The van der Waals surface area contributed by atoms with E-state index in [1.807, 2.05) is 18.2 Å². The number of halogens is 1. The third-order valence-electron chi connectivity index (χ3n) is 2.97. The van der Waals surface area contributed by atoms with Crippen LogP contribution in [0.1, 0.15) is 31.2 Å². The van der Waals surface area contributed by atoms with Crippen LogP contribution in [0.5, 0.6) is 0 Å². The van der Waals surface area contributed by atoms with Gasteiger partial charge < -0.3 is 11.1 Å². The number of hydrogen-bond acceptors (Lipinski definition) is 2. The number of thiocarbonyl (C=S) groups is 1. The van der Waals surface area contributed by atoms with Gasteiger partial charge in [-0.2, -0.15) is 0 Å². The van der Waals surface area contributed by atoms with Crippen LogP contribution in [0.4, 0.5) is 5.69 Å². The Kier molecular flexibility index (Phi) is 3.66. The molecular weight excluding hydrogens is 240 g/mol. The first-order valence-electron chi connectivity index (χ1n) is 5.53. The minimum atomic E-state index is 0.353. The molecule has 0 saturated heterocycles. The van der Waals surface area contributed by atoms with Crippen LogP contribution in [0.2, 0.25) is 5.02 Å². The van der Waals surface area contributed by atoms with Crippen molar-refractivity contribution in [3.8, 4) is 0 Å². The number of rotatable bonds is 3. The van der Waals surface area contributed by atoms with Crippen molar-refractivity contribution in [3.05, 3.63) is 28.8 Å². The lowest BCUT2D eigenvalue weighted by Gasteiger charge is -2.17. The lowest BCUT2D eigenvalue weighted by molar-refractivity contribution is 0.755. The average molecular weight is 255 g/mol. The predicted octanol–water partition coefficient (Wildman–Crippen LogP) is 3.33. The van der Waals surface area contributed by atoms with Crippen molar-refractivity contribution in [2.24, 2.45) is 5.73 Å². The standard InChI is InChI=1S/C12H15ClN2S/c13-9-6-3-7-10(11(9)12(14)16)15-8-4-1-2-5-8/h3,6-8,15H,1-2,4-5H2,(H2,14,16). The number of benzene rings is 1. The third kappa shape index (κ3) is 2.47. The van der Waals surface area contributed by atoms with E-state index in [2.05, 4.69) is 5.32 Å². The monoisotopic (exact) mass is 254 g/mol. The first kappa shape index (κ1) is 11.7. The minimum Gasteiger partial charge on any atom is -0.389 e. The van der Waals surface area contributed by atoms with Gasteiger partial charge in [-0.15, -0.1) is 0 Å². The summed E-state index contributed by atoms with van der Waals surface area (Å²) < 4.78 is 0. The molecule has 0 unspecified atom stereocenters. The lowest BCUT2D eigenvalue weighted by Crippen LogP contribution is -2.19. The molecule has 0 spiro atoms. The maximum Gasteiger partial charge on any atom is 0.107 e. The van der Waals surface area contributed by atoms with Gasteiger partial charge in [-0.1, -0.05) is 42.7 Å². The molecule has 3 N–H and O–H groups in total. The smallest absolute Gasteiger partial charge is 0.107 e. The molecule has 4 heteroatoms. The Morgan fingerprint density at radius 1 is 1.38 bits per heavy atom. The molecule has 0 bridgehead atoms. The molecule has 0 heterocycles. The van der Waals surface area contributed by atoms with Gasteiger partial charge in [0.05, 0.1) is 10.6 Å². The Morgan fingerprint density at radius 3 is 2.69 bits per heavy atom. The van der Waals surface area contributed by atoms with Crippen LogP contribution in [0, 0.1) is 0 Å². The van der Waals surface area contributed by atoms with Crippen molar-refractivity contribution in [1.82, 2.24) is 0 Å². The van der Waals surface area contributed by atoms with Crippen LogP contribution in [0.3, 0.4) is 0 Å². The SMILES string of the molecule is NC(=S)c1c(Cl)cccc1NC1CCCC1. The van der Waals surface area contributed by atoms with E-state index in [-0.39, 0.29) is 0 Å². The van der Waals surface area contributed by atoms with Crippen LogP contribution in [0.15, 0.2) is 18.2 Å². The van der Waals surface area contributed by atoms with E-state index in [9.17, 15) is 0 Å². The molecule has 0 radical (unpaired) electrons. The molecule has 2 nitrogen and oxygen atoms in total. The van der Waals surface area contributed by atoms with E-state index in [1.54, 1.807) is 0 Å². The second-order valence-corrected chi connectivity index (χ2v) is 5.00. The van der Waals surface area contributed by atoms with Gasteiger partial charge in [0.15, 0.2) is 0 Å². The highest BCUT2D eigenvalue weighted by Gasteiger charge is 2.17. The van der Waals surface area contributed by atoms with Gasteiger partial charge in [0.25, 0.3) is 0 Å². The second-order valence-electron chi connectivity index (χ2n) is 4.15. The number of nitrogens with one attached hydrogen (secondary N) is 1. The summed E-state index contributed by atoms with van der Waals surface area (Å²) in [5.41, 5.74) is 7.43. The maximum absolute atomic E-state index is 6.10. The zero-order valence-electron chi connectivity index (χ0n) is 9.00. The quantitative estimate of drug-likeness (QED) is 0.813. The summed E-state index contributed by atoms with van der Waals surface area (Å²) in [5, 5.41) is 4.10. The van der Waals surface area contributed by atoms with Gasteiger partial charge >= 0.3 is 0 Å². The maximum atomic E-state index is 6.10. The molecule has 0 aromatic heterocycles. The average Bonchev–Trinajstić information content (AvgIpc) is 2.70. The number of nitrogens with two attached hydrogens (primary N) is 1. The highest BCUT2D eigenvalue weighted by atomic mass is 35.5. The molecule has 16 heavy (non-hydrogen) atoms. The predicted molar refractivity (Wildman–Crippen MR) is 73.2 cm³/mol. The summed E-state index contributed by atoms with van der Waals surface area (Å²) in [5.74, 6) is 0. The summed E-state index contributed by atoms with van der Waals surface area (Å²) in [7, 11) is 0. The number of anilines is 1. The van der Waals surface area contributed by atoms with Crippen molar-refractivity contribution < 1.29 is 0 Å². The van der Waals surface area contributed by atoms with Crippen LogP contribution in [0.25, 0.3) is 0 Å². The van der Waals surface area contributed by atoms with Crippen LogP contribution in [-0.4, -0.2) is 11.0 Å². The van der Waals surface area contributed by atoms with Crippen LogP contribution < -0.4 is 11.1 Å². The Balaban J connectivity index is 2.25. The van der Waals surface area contributed by atoms with Crippen molar-refractivity contribution in [2.75, 3.05) is 5.32 Å². The highest BCUT2D eigenvalue weighted by Crippen LogP contribution is 2.28. The molecule has 0 atom stereocenters. The Labute approximate surface area is 106 Å². The van der Waals surface area contributed by atoms with E-state index in [1.165, 1.54) is 25.7 Å². The van der Waals surface area contributed by atoms with E-state index >= 15 is 0 Å². The molecule has 1 fully saturated rings. The van der Waals surface area contributed by atoms with Crippen molar-refractivity contribution in [3.63, 3.8) is 0 Å². The van der Waals surface area contributed by atoms with Crippen molar-refractivity contribution in [1.29, 1.82) is 0 Å². The molecule has 0 aliphatic heterocycles. The van der Waals surface area contributed by atoms with E-state index < -0.39 is 0 Å². The highest BCUT2D eigenvalue weighted by molar-refractivity contribution is 7.80. The zero-order valence-corrected chi connectivity index (χ0v) is 10.6. The molecule has 1 aliphatic rings. The molecule has 86 valence electrons. The van der Waals surface area contributed by atoms with Crippen LogP contribution >= 0.6 is 23.8 Å². The summed E-state index contributed by atoms with van der Waals surface area (Å²) in [6.45, 7) is 0. The Hall–Kier alpha value is -0.800. The molecule has 1 aliphatic carbocycles. The fourth-order valence-corrected chi connectivity index (χ4v) is 2.74. The second kappa shape index (κ2) is 5.02. The molecule has 1 saturated carbocycles. The fourth-order valence-electron chi connectivity index (χ4n) is 2.18. The van der Waals surface area contributed by atoms with Gasteiger partial charge in [-0.25, -0.2) is 0 Å². The normalized spacial score (nSPS) is 16.3. The first-order valence-corrected chi connectivity index (χ1v) is 6.32. The summed E-state index contributed by atoms with van der Waals surface area (Å²) in [6.07, 6.45) is 5.01. The summed E-state index contributed by atoms with van der Waals surface area (Å²) in [4.78, 5) is 0.353. The first-order chi connectivity index (χ1) is 7.68. The summed E-state index contributed by atoms with van der Waals surface area (Å²) in [6, 6.07) is 6.25. The Morgan fingerprint density at radius 2 is 2.06 bits per heavy atom. The molecular formula is C12H15ClN2S. The van der Waals surface area contributed by atoms with Gasteiger partial charge in [0.2, 0.25) is 0 Å². The largest absolute Gasteiger partial charge is 0.389 e. The van der Waals surface area contributed by atoms with E-state index in [0.29, 0.717) is 16.1 Å². The van der Waals surface area contributed by atoms with E-state index in [4.69, 9.17) is 29.6 Å². The number of hydrogen-bond donors (Lipinski definition) is 2. The topological polar surface area (TPSA) is 38.0 Å². The third-order valence-corrected chi connectivity index (χ3v) is 3.49. The van der Waals surface area contributed by atoms with Gasteiger partial charge in [0, 0.05) is 11.7 Å². The van der Waals surface area contributed by atoms with Crippen molar-refractivity contribution in [2.45, 2.75) is 31.7 Å². The lowest BCUT2D eigenvalue weighted by atomic mass is 10.1. The van der Waals surface area contributed by atoms with Gasteiger partial charge in [0.1, 0.15) is 4.99 Å². The van der Waals surface area contributed by atoms with Crippen molar-refractivity contribution >= 4 is 34.5 Å². The molecule has 1 aromatic rings. The Bertz CT molecular complexity index is 400. The van der Waals surface area contributed by atoms with Gasteiger partial charge in [-0.05, 0) is 25.0 Å². The minimum absolute atomic E-state index is 0.353. The zero-order chi connectivity index (χ0) is 11.5.